The molecule has 29 heavy (non-hydrogen) atoms. The van der Waals surface area contributed by atoms with Gasteiger partial charge in [0.2, 0.25) is 0 Å². The average Bonchev–Trinajstić information content (AvgIpc) is 2.66. The second kappa shape index (κ2) is 7.40. The lowest BCUT2D eigenvalue weighted by molar-refractivity contribution is -0.122. The third kappa shape index (κ3) is 3.53. The number of rotatable bonds is 2. The molecule has 0 radical (unpaired) electrons. The van der Waals surface area contributed by atoms with Crippen LogP contribution >= 0.6 is 12.2 Å². The van der Waals surface area contributed by atoms with Gasteiger partial charge in [0.05, 0.1) is 5.69 Å². The fraction of sp³-hybridized carbons (Fsp3) is 0.227. The maximum absolute atomic E-state index is 13.6. The van der Waals surface area contributed by atoms with Crippen LogP contribution in [-0.4, -0.2) is 23.0 Å². The van der Waals surface area contributed by atoms with E-state index in [0.717, 1.165) is 29.7 Å². The van der Waals surface area contributed by atoms with Gasteiger partial charge in [-0.05, 0) is 80.4 Å². The Hall–Kier alpha value is -3.06. The Morgan fingerprint density at radius 1 is 1.21 bits per heavy atom. The molecule has 0 bridgehead atoms. The van der Waals surface area contributed by atoms with E-state index in [0.29, 0.717) is 5.69 Å². The minimum absolute atomic E-state index is 0.0101. The van der Waals surface area contributed by atoms with Crippen LogP contribution in [0.15, 0.2) is 54.2 Å². The Morgan fingerprint density at radius 2 is 2.00 bits per heavy atom. The van der Waals surface area contributed by atoms with Crippen molar-refractivity contribution in [1.29, 1.82) is 0 Å². The fourth-order valence-electron chi connectivity index (χ4n) is 3.73. The van der Waals surface area contributed by atoms with Crippen LogP contribution in [0.2, 0.25) is 0 Å². The zero-order chi connectivity index (χ0) is 20.7. The molecule has 4 rings (SSSR count). The maximum Gasteiger partial charge on any atom is 0.271 e. The van der Waals surface area contributed by atoms with Gasteiger partial charge < -0.3 is 4.90 Å². The van der Waals surface area contributed by atoms with Crippen molar-refractivity contribution in [2.75, 3.05) is 9.80 Å². The number of halogens is 1. The van der Waals surface area contributed by atoms with Crippen LogP contribution in [0.3, 0.4) is 0 Å². The number of amides is 2. The Balaban J connectivity index is 1.76. The van der Waals surface area contributed by atoms with E-state index in [9.17, 15) is 14.0 Å². The summed E-state index contributed by atoms with van der Waals surface area (Å²) in [5.74, 6) is -1.32. The van der Waals surface area contributed by atoms with E-state index in [1.807, 2.05) is 36.9 Å². The van der Waals surface area contributed by atoms with Gasteiger partial charge in [-0.2, -0.15) is 0 Å². The highest BCUT2D eigenvalue weighted by molar-refractivity contribution is 7.80. The molecule has 2 aromatic carbocycles. The number of fused-ring (bicyclic) bond motifs is 1. The zero-order valence-electron chi connectivity index (χ0n) is 16.1. The zero-order valence-corrected chi connectivity index (χ0v) is 16.9. The third-order valence-electron chi connectivity index (χ3n) is 5.26. The average molecular weight is 409 g/mol. The van der Waals surface area contributed by atoms with Gasteiger partial charge in [0.25, 0.3) is 11.8 Å². The van der Waals surface area contributed by atoms with Crippen molar-refractivity contribution in [2.45, 2.75) is 32.7 Å². The third-order valence-corrected chi connectivity index (χ3v) is 5.54. The molecule has 1 fully saturated rings. The van der Waals surface area contributed by atoms with Gasteiger partial charge in [-0.3, -0.25) is 19.8 Å². The van der Waals surface area contributed by atoms with E-state index in [-0.39, 0.29) is 22.5 Å². The molecule has 148 valence electrons. The van der Waals surface area contributed by atoms with Gasteiger partial charge in [-0.1, -0.05) is 12.1 Å². The van der Waals surface area contributed by atoms with Crippen molar-refractivity contribution in [3.05, 3.63) is 71.2 Å². The van der Waals surface area contributed by atoms with Crippen LogP contribution < -0.4 is 15.1 Å². The lowest BCUT2D eigenvalue weighted by atomic mass is 9.96. The molecule has 2 aliphatic heterocycles. The number of nitrogens with one attached hydrogen (secondary N) is 1. The molecule has 0 aliphatic carbocycles. The molecule has 2 heterocycles. The van der Waals surface area contributed by atoms with Crippen molar-refractivity contribution in [2.24, 2.45) is 0 Å². The summed E-state index contributed by atoms with van der Waals surface area (Å²) >= 11 is 5.26. The van der Waals surface area contributed by atoms with Crippen LogP contribution in [0.1, 0.15) is 24.5 Å². The minimum atomic E-state index is -0.537. The van der Waals surface area contributed by atoms with Gasteiger partial charge in [0.1, 0.15) is 11.4 Å². The number of nitrogens with zero attached hydrogens (tertiary/aromatic N) is 2. The molecular formula is C22H20FN3O2S. The summed E-state index contributed by atoms with van der Waals surface area (Å²) in [6, 6.07) is 12.0. The summed E-state index contributed by atoms with van der Waals surface area (Å²) in [5, 5.41) is 2.66. The van der Waals surface area contributed by atoms with E-state index < -0.39 is 11.8 Å². The Kier molecular flexibility index (Phi) is 4.92. The van der Waals surface area contributed by atoms with Crippen molar-refractivity contribution in [1.82, 2.24) is 5.32 Å². The molecule has 2 aromatic rings. The van der Waals surface area contributed by atoms with Crippen LogP contribution in [-0.2, 0) is 16.0 Å². The molecule has 2 aliphatic rings. The van der Waals surface area contributed by atoms with E-state index in [2.05, 4.69) is 5.32 Å². The van der Waals surface area contributed by atoms with Gasteiger partial charge >= 0.3 is 0 Å². The summed E-state index contributed by atoms with van der Waals surface area (Å²) in [6.07, 6.45) is 3.09. The number of aryl methyl sites for hydroxylation is 2. The first-order chi connectivity index (χ1) is 13.8. The van der Waals surface area contributed by atoms with Crippen molar-refractivity contribution in [3.63, 3.8) is 0 Å². The lowest BCUT2D eigenvalue weighted by Crippen LogP contribution is -2.55. The van der Waals surface area contributed by atoms with Gasteiger partial charge in [-0.15, -0.1) is 0 Å². The van der Waals surface area contributed by atoms with E-state index in [1.54, 1.807) is 18.3 Å². The first kappa shape index (κ1) is 19.3. The van der Waals surface area contributed by atoms with Gasteiger partial charge in [-0.25, -0.2) is 4.39 Å². The lowest BCUT2D eigenvalue weighted by Gasteiger charge is -2.36. The van der Waals surface area contributed by atoms with Crippen LogP contribution in [0.25, 0.3) is 0 Å². The van der Waals surface area contributed by atoms with Gasteiger partial charge in [0, 0.05) is 17.9 Å². The first-order valence-corrected chi connectivity index (χ1v) is 9.81. The fourth-order valence-corrected chi connectivity index (χ4v) is 4.01. The molecule has 1 atom stereocenters. The highest BCUT2D eigenvalue weighted by Crippen LogP contribution is 2.32. The molecule has 7 heteroatoms. The molecule has 5 nitrogen and oxygen atoms in total. The monoisotopic (exact) mass is 409 g/mol. The maximum atomic E-state index is 13.6. The molecule has 1 N–H and O–H groups in total. The Bertz CT molecular complexity index is 1070. The first-order valence-electron chi connectivity index (χ1n) is 9.40. The summed E-state index contributed by atoms with van der Waals surface area (Å²) < 4.78 is 13.6. The number of hydrogen-bond acceptors (Lipinski definition) is 4. The molecule has 0 saturated carbocycles. The summed E-state index contributed by atoms with van der Waals surface area (Å²) in [7, 11) is 0. The number of anilines is 2. The van der Waals surface area contributed by atoms with E-state index in [1.165, 1.54) is 17.0 Å². The van der Waals surface area contributed by atoms with Crippen LogP contribution in [0.5, 0.6) is 0 Å². The molecule has 1 saturated heterocycles. The SMILES string of the molecule is Cc1cccc(N2C(=O)/C(=C\N3c4ccc(F)cc4CCC3C)C(=O)NC2=S)c1. The predicted octanol–water partition coefficient (Wildman–Crippen LogP) is 3.61. The molecule has 1 unspecified atom stereocenters. The Labute approximate surface area is 173 Å². The number of benzene rings is 2. The van der Waals surface area contributed by atoms with E-state index in [4.69, 9.17) is 12.2 Å². The number of carbonyl (C=O) groups is 2. The highest BCUT2D eigenvalue weighted by atomic mass is 32.1. The van der Waals surface area contributed by atoms with E-state index >= 15 is 0 Å². The normalized spacial score (nSPS) is 20.7. The highest BCUT2D eigenvalue weighted by Gasteiger charge is 2.36. The quantitative estimate of drug-likeness (QED) is 0.468. The topological polar surface area (TPSA) is 52.7 Å². The molecule has 2 amide bonds. The number of carbonyl (C=O) groups excluding carboxylic acids is 2. The standard InChI is InChI=1S/C22H20FN3O2S/c1-13-4-3-5-17(10-13)26-21(28)18(20(27)24-22(26)29)12-25-14(2)6-7-15-11-16(23)8-9-19(15)25/h3-5,8-12,14H,6-7H2,1-2H3,(H,24,27,29)/b18-12-. The van der Waals surface area contributed by atoms with Crippen molar-refractivity contribution in [3.8, 4) is 0 Å². The second-order valence-corrected chi connectivity index (χ2v) is 7.74. The molecular weight excluding hydrogens is 389 g/mol. The summed E-state index contributed by atoms with van der Waals surface area (Å²) in [6.45, 7) is 3.93. The largest absolute Gasteiger partial charge is 0.344 e. The van der Waals surface area contributed by atoms with Crippen molar-refractivity contribution < 1.29 is 14.0 Å². The van der Waals surface area contributed by atoms with Crippen LogP contribution in [0.4, 0.5) is 15.8 Å². The number of thiocarbonyl (C=S) groups is 1. The molecule has 0 spiro atoms. The van der Waals surface area contributed by atoms with Crippen molar-refractivity contribution >= 4 is 40.5 Å². The summed E-state index contributed by atoms with van der Waals surface area (Å²) in [4.78, 5) is 29.0. The van der Waals surface area contributed by atoms with Gasteiger partial charge in [0.15, 0.2) is 5.11 Å². The molecule has 0 aromatic heterocycles. The second-order valence-electron chi connectivity index (χ2n) is 7.35. The smallest absolute Gasteiger partial charge is 0.271 e. The Morgan fingerprint density at radius 3 is 2.76 bits per heavy atom. The summed E-state index contributed by atoms with van der Waals surface area (Å²) in [5.41, 5.74) is 3.22. The minimum Gasteiger partial charge on any atom is -0.344 e. The predicted molar refractivity (Wildman–Crippen MR) is 114 cm³/mol. The number of hydrogen-bond donors (Lipinski definition) is 1. The van der Waals surface area contributed by atoms with Crippen LogP contribution in [0, 0.1) is 12.7 Å².